The van der Waals surface area contributed by atoms with E-state index >= 15 is 0 Å². The Labute approximate surface area is 204 Å². The van der Waals surface area contributed by atoms with Gasteiger partial charge in [0.25, 0.3) is 0 Å². The van der Waals surface area contributed by atoms with E-state index in [2.05, 4.69) is 21.4 Å². The van der Waals surface area contributed by atoms with Crippen LogP contribution >= 0.6 is 0 Å². The first-order valence-electron chi connectivity index (χ1n) is 11.8. The zero-order valence-corrected chi connectivity index (χ0v) is 19.7. The number of hydrogen-bond donors (Lipinski definition) is 1. The van der Waals surface area contributed by atoms with Gasteiger partial charge in [-0.25, -0.2) is 14.6 Å². The van der Waals surface area contributed by atoms with Gasteiger partial charge < -0.3 is 10.5 Å². The van der Waals surface area contributed by atoms with Crippen LogP contribution in [0.2, 0.25) is 0 Å². The van der Waals surface area contributed by atoms with Gasteiger partial charge in [-0.05, 0) is 42.8 Å². The molecule has 4 aromatic rings. The largest absolute Gasteiger partial charge is 0.457 e. The molecular weight excluding hydrogens is 440 g/mol. The summed E-state index contributed by atoms with van der Waals surface area (Å²) < 4.78 is 7.88. The van der Waals surface area contributed by atoms with E-state index in [4.69, 9.17) is 15.6 Å². The number of benzene rings is 2. The minimum Gasteiger partial charge on any atom is -0.457 e. The van der Waals surface area contributed by atoms with E-state index in [1.54, 1.807) is 0 Å². The predicted octanol–water partition coefficient (Wildman–Crippen LogP) is 4.65. The molecule has 1 atom stereocenters. The maximum atomic E-state index is 12.0. The van der Waals surface area contributed by atoms with Gasteiger partial charge in [0.05, 0.1) is 11.4 Å². The van der Waals surface area contributed by atoms with Crippen LogP contribution in [0.5, 0.6) is 11.5 Å². The van der Waals surface area contributed by atoms with E-state index < -0.39 is 0 Å². The molecule has 2 aromatic carbocycles. The van der Waals surface area contributed by atoms with Gasteiger partial charge in [0, 0.05) is 37.2 Å². The summed E-state index contributed by atoms with van der Waals surface area (Å²) in [6.45, 7) is 8.03. The summed E-state index contributed by atoms with van der Waals surface area (Å²) in [7, 11) is 0. The molecule has 0 radical (unpaired) electrons. The first-order chi connectivity index (χ1) is 17.0. The maximum absolute atomic E-state index is 12.0. The van der Waals surface area contributed by atoms with Crippen molar-refractivity contribution in [3.63, 3.8) is 0 Å². The van der Waals surface area contributed by atoms with Crippen molar-refractivity contribution in [1.29, 1.82) is 0 Å². The molecule has 0 saturated carbocycles. The summed E-state index contributed by atoms with van der Waals surface area (Å²) >= 11 is 0. The molecule has 1 aliphatic rings. The highest BCUT2D eigenvalue weighted by Gasteiger charge is 2.29. The first kappa shape index (κ1) is 22.7. The molecule has 1 unspecified atom stereocenters. The van der Waals surface area contributed by atoms with Gasteiger partial charge in [0.1, 0.15) is 29.3 Å². The zero-order valence-electron chi connectivity index (χ0n) is 19.7. The molecular formula is C27H28N6O2. The highest BCUT2D eigenvalue weighted by Crippen LogP contribution is 2.35. The number of likely N-dealkylation sites (tertiary alicyclic amines) is 1. The minimum atomic E-state index is 0.112. The Morgan fingerprint density at radius 3 is 2.60 bits per heavy atom. The number of Topliss-reactive ketones (excluding diaryl/α,β-unsaturated/α-hetero) is 1. The summed E-state index contributed by atoms with van der Waals surface area (Å²) in [5.41, 5.74) is 9.32. The van der Waals surface area contributed by atoms with Gasteiger partial charge in [0.2, 0.25) is 0 Å². The second-order valence-electron chi connectivity index (χ2n) is 8.75. The van der Waals surface area contributed by atoms with Crippen LogP contribution in [0.25, 0.3) is 22.3 Å². The molecule has 8 heteroatoms. The van der Waals surface area contributed by atoms with Gasteiger partial charge in [-0.2, -0.15) is 5.10 Å². The minimum absolute atomic E-state index is 0.112. The molecule has 0 aliphatic carbocycles. The quantitative estimate of drug-likeness (QED) is 0.376. The Morgan fingerprint density at radius 2 is 1.86 bits per heavy atom. The summed E-state index contributed by atoms with van der Waals surface area (Å²) in [6, 6.07) is 17.6. The maximum Gasteiger partial charge on any atom is 0.164 e. The molecule has 0 spiro atoms. The Hall–Kier alpha value is -4.04. The van der Waals surface area contributed by atoms with Crippen molar-refractivity contribution >= 4 is 22.6 Å². The molecule has 35 heavy (non-hydrogen) atoms. The Bertz CT molecular complexity index is 1360. The Kier molecular flexibility index (Phi) is 6.29. The van der Waals surface area contributed by atoms with Crippen LogP contribution < -0.4 is 10.5 Å². The normalized spacial score (nSPS) is 16.0. The highest BCUT2D eigenvalue weighted by molar-refractivity contribution is 5.98. The Morgan fingerprint density at radius 1 is 1.11 bits per heavy atom. The number of nitrogens with zero attached hydrogens (tertiary/aromatic N) is 5. The van der Waals surface area contributed by atoms with Gasteiger partial charge in [-0.1, -0.05) is 31.7 Å². The molecule has 1 aliphatic heterocycles. The van der Waals surface area contributed by atoms with E-state index in [1.807, 2.05) is 66.2 Å². The lowest BCUT2D eigenvalue weighted by molar-refractivity contribution is -0.115. The summed E-state index contributed by atoms with van der Waals surface area (Å²) in [4.78, 5) is 23.0. The molecule has 0 bridgehead atoms. The Balaban J connectivity index is 1.42. The van der Waals surface area contributed by atoms with E-state index in [9.17, 15) is 4.79 Å². The van der Waals surface area contributed by atoms with Crippen molar-refractivity contribution in [2.24, 2.45) is 0 Å². The van der Waals surface area contributed by atoms with Crippen LogP contribution in [-0.2, 0) is 4.79 Å². The van der Waals surface area contributed by atoms with Crippen molar-refractivity contribution in [1.82, 2.24) is 24.6 Å². The summed E-state index contributed by atoms with van der Waals surface area (Å²) in [5.74, 6) is 2.03. The number of ether oxygens (including phenoxy) is 1. The van der Waals surface area contributed by atoms with Crippen molar-refractivity contribution in [2.45, 2.75) is 25.8 Å². The third kappa shape index (κ3) is 4.65. The van der Waals surface area contributed by atoms with E-state index in [1.165, 1.54) is 6.33 Å². The third-order valence-corrected chi connectivity index (χ3v) is 6.35. The van der Waals surface area contributed by atoms with Crippen LogP contribution in [0, 0.1) is 0 Å². The van der Waals surface area contributed by atoms with Crippen LogP contribution in [-0.4, -0.2) is 50.1 Å². The fourth-order valence-electron chi connectivity index (χ4n) is 4.52. The molecule has 1 saturated heterocycles. The smallest absolute Gasteiger partial charge is 0.164 e. The molecule has 2 N–H and O–H groups in total. The summed E-state index contributed by atoms with van der Waals surface area (Å²) in [6.07, 6.45) is 2.86. The molecule has 1 fully saturated rings. The van der Waals surface area contributed by atoms with Gasteiger partial charge in [-0.3, -0.25) is 9.69 Å². The highest BCUT2D eigenvalue weighted by atomic mass is 16.5. The van der Waals surface area contributed by atoms with Crippen LogP contribution in [0.3, 0.4) is 0 Å². The van der Waals surface area contributed by atoms with E-state index in [0.29, 0.717) is 30.0 Å². The number of nitrogens with two attached hydrogens (primary N) is 1. The van der Waals surface area contributed by atoms with E-state index in [0.717, 1.165) is 47.7 Å². The number of para-hydroxylation sites is 1. The first-order valence-corrected chi connectivity index (χ1v) is 11.8. The summed E-state index contributed by atoms with van der Waals surface area (Å²) in [5, 5.41) is 5.70. The van der Waals surface area contributed by atoms with Gasteiger partial charge in [0.15, 0.2) is 11.4 Å². The number of carbonyl (C=O) groups excluding carboxylic acids is 1. The number of ketones is 1. The van der Waals surface area contributed by atoms with Crippen LogP contribution in [0.1, 0.15) is 25.8 Å². The third-order valence-electron chi connectivity index (χ3n) is 6.35. The number of anilines is 1. The molecule has 178 valence electrons. The average molecular weight is 469 g/mol. The number of nitrogen functional groups attached to an aromatic ring is 1. The number of carbonyl (C=O) groups is 1. The van der Waals surface area contributed by atoms with Gasteiger partial charge in [-0.15, -0.1) is 0 Å². The molecule has 2 aromatic heterocycles. The van der Waals surface area contributed by atoms with Crippen molar-refractivity contribution in [3.05, 3.63) is 73.1 Å². The van der Waals surface area contributed by atoms with E-state index in [-0.39, 0.29) is 11.8 Å². The zero-order chi connectivity index (χ0) is 24.4. The lowest BCUT2D eigenvalue weighted by atomic mass is 10.1. The molecule has 0 amide bonds. The second kappa shape index (κ2) is 9.68. The number of hydrogen-bond acceptors (Lipinski definition) is 7. The second-order valence-corrected chi connectivity index (χ2v) is 8.75. The molecule has 5 rings (SSSR count). The molecule has 3 heterocycles. The van der Waals surface area contributed by atoms with Crippen molar-refractivity contribution in [2.75, 3.05) is 25.4 Å². The lowest BCUT2D eigenvalue weighted by Gasteiger charge is -2.17. The van der Waals surface area contributed by atoms with Crippen molar-refractivity contribution < 1.29 is 9.53 Å². The molecule has 8 nitrogen and oxygen atoms in total. The van der Waals surface area contributed by atoms with Gasteiger partial charge >= 0.3 is 0 Å². The SMILES string of the molecule is C=C(CN1CCC(n2nc(-c3ccc(Oc4ccccc4)cc3)c3c(N)ncnc32)C1)C(=O)CC. The lowest BCUT2D eigenvalue weighted by Crippen LogP contribution is -2.26. The fourth-order valence-corrected chi connectivity index (χ4v) is 4.52. The average Bonchev–Trinajstić information content (AvgIpc) is 3.50. The number of rotatable bonds is 8. The van der Waals surface area contributed by atoms with Crippen molar-refractivity contribution in [3.8, 4) is 22.8 Å². The monoisotopic (exact) mass is 468 g/mol. The van der Waals surface area contributed by atoms with Crippen LogP contribution in [0.15, 0.2) is 73.1 Å². The number of aromatic nitrogens is 4. The topological polar surface area (TPSA) is 99.2 Å². The van der Waals surface area contributed by atoms with Crippen LogP contribution in [0.4, 0.5) is 5.82 Å². The standard InChI is InChI=1S/C27H28N6O2/c1-3-23(34)18(2)15-32-14-13-20(16-32)33-27-24(26(28)29-17-30-27)25(31-33)19-9-11-22(12-10-19)35-21-7-5-4-6-8-21/h4-12,17,20H,2-3,13-16H2,1H3,(H2,28,29,30). The predicted molar refractivity (Wildman–Crippen MR) is 136 cm³/mol. The fraction of sp³-hybridized carbons (Fsp3) is 0.259. The number of fused-ring (bicyclic) bond motifs is 1.